The summed E-state index contributed by atoms with van der Waals surface area (Å²) in [5.41, 5.74) is 7.89. The van der Waals surface area contributed by atoms with Gasteiger partial charge in [-0.3, -0.25) is 0 Å². The van der Waals surface area contributed by atoms with E-state index in [4.69, 9.17) is 10.5 Å². The van der Waals surface area contributed by atoms with Crippen LogP contribution in [0.25, 0.3) is 11.3 Å². The number of fused-ring (bicyclic) bond motifs is 2. The molecule has 4 heterocycles. The molecular weight excluding hydrogens is 292 g/mol. The van der Waals surface area contributed by atoms with Crippen molar-refractivity contribution < 1.29 is 4.74 Å². The number of nitrogens with zero attached hydrogens (tertiary/aromatic N) is 2. The zero-order valence-electron chi connectivity index (χ0n) is 11.1. The van der Waals surface area contributed by atoms with Crippen molar-refractivity contribution in [1.82, 2.24) is 9.36 Å². The molecule has 5 nitrogen and oxygen atoms in total. The van der Waals surface area contributed by atoms with E-state index < -0.39 is 0 Å². The highest BCUT2D eigenvalue weighted by molar-refractivity contribution is 7.11. The van der Waals surface area contributed by atoms with Crippen molar-refractivity contribution in [1.29, 1.82) is 0 Å². The van der Waals surface area contributed by atoms with Crippen LogP contribution in [0, 0.1) is 6.92 Å². The van der Waals surface area contributed by atoms with Gasteiger partial charge in [-0.05, 0) is 37.7 Å². The fraction of sp³-hybridized carbons (Fsp3) is 0.538. The van der Waals surface area contributed by atoms with Gasteiger partial charge in [-0.2, -0.15) is 4.37 Å². The number of aromatic nitrogens is 2. The second-order valence-corrected chi connectivity index (χ2v) is 7.22. The van der Waals surface area contributed by atoms with Crippen molar-refractivity contribution in [3.05, 3.63) is 10.4 Å². The number of hydrogen-bond donors (Lipinski definition) is 2. The SMILES string of the molecule is Cc1nc(-c2c(N)nsc2NC2CC3CCC2O3)cs1. The van der Waals surface area contributed by atoms with Crippen LogP contribution in [0.3, 0.4) is 0 Å². The van der Waals surface area contributed by atoms with Gasteiger partial charge in [0.05, 0.1) is 34.5 Å². The fourth-order valence-corrected chi connectivity index (χ4v) is 4.47. The molecule has 3 N–H and O–H groups in total. The maximum Gasteiger partial charge on any atom is 0.148 e. The third kappa shape index (κ3) is 2.01. The van der Waals surface area contributed by atoms with Gasteiger partial charge in [0.25, 0.3) is 0 Å². The third-order valence-corrected chi connectivity index (χ3v) is 5.58. The number of anilines is 2. The van der Waals surface area contributed by atoms with Gasteiger partial charge in [0.2, 0.25) is 0 Å². The molecule has 0 radical (unpaired) electrons. The average molecular weight is 308 g/mol. The predicted molar refractivity (Wildman–Crippen MR) is 82.3 cm³/mol. The lowest BCUT2D eigenvalue weighted by atomic mass is 9.95. The minimum atomic E-state index is 0.341. The number of aryl methyl sites for hydroxylation is 1. The molecule has 7 heteroatoms. The van der Waals surface area contributed by atoms with Gasteiger partial charge >= 0.3 is 0 Å². The Balaban J connectivity index is 1.62. The monoisotopic (exact) mass is 308 g/mol. The first kappa shape index (κ1) is 12.6. The van der Waals surface area contributed by atoms with Crippen LogP contribution in [0.4, 0.5) is 10.8 Å². The lowest BCUT2D eigenvalue weighted by Gasteiger charge is -2.20. The van der Waals surface area contributed by atoms with Crippen molar-refractivity contribution in [2.45, 2.75) is 44.4 Å². The summed E-state index contributed by atoms with van der Waals surface area (Å²) in [5.74, 6) is 0.562. The van der Waals surface area contributed by atoms with Crippen LogP contribution >= 0.6 is 22.9 Å². The van der Waals surface area contributed by atoms with E-state index in [1.165, 1.54) is 18.0 Å². The molecule has 3 atom stereocenters. The van der Waals surface area contributed by atoms with Crippen molar-refractivity contribution >= 4 is 33.7 Å². The summed E-state index contributed by atoms with van der Waals surface area (Å²) in [6.07, 6.45) is 4.21. The van der Waals surface area contributed by atoms with Crippen LogP contribution in [0.1, 0.15) is 24.3 Å². The molecule has 2 saturated heterocycles. The van der Waals surface area contributed by atoms with Gasteiger partial charge in [0.15, 0.2) is 0 Å². The molecule has 20 heavy (non-hydrogen) atoms. The predicted octanol–water partition coefficient (Wildman–Crippen LogP) is 2.89. The molecule has 3 unspecified atom stereocenters. The van der Waals surface area contributed by atoms with Gasteiger partial charge in [-0.15, -0.1) is 11.3 Å². The molecule has 0 spiro atoms. The van der Waals surface area contributed by atoms with E-state index >= 15 is 0 Å². The molecule has 0 aliphatic carbocycles. The van der Waals surface area contributed by atoms with E-state index in [9.17, 15) is 0 Å². The molecule has 0 saturated carbocycles. The van der Waals surface area contributed by atoms with Crippen molar-refractivity contribution in [2.24, 2.45) is 0 Å². The maximum absolute atomic E-state index is 6.03. The van der Waals surface area contributed by atoms with Crippen LogP contribution in [0.5, 0.6) is 0 Å². The molecule has 2 aliphatic rings. The number of thiazole rings is 1. The lowest BCUT2D eigenvalue weighted by Crippen LogP contribution is -2.30. The summed E-state index contributed by atoms with van der Waals surface area (Å²) >= 11 is 3.05. The van der Waals surface area contributed by atoms with Crippen LogP contribution in [0.15, 0.2) is 5.38 Å². The summed E-state index contributed by atoms with van der Waals surface area (Å²) in [6.45, 7) is 2.00. The number of nitrogens with two attached hydrogens (primary N) is 1. The average Bonchev–Trinajstić information content (AvgIpc) is 3.16. The van der Waals surface area contributed by atoms with E-state index in [0.29, 0.717) is 24.1 Å². The highest BCUT2D eigenvalue weighted by atomic mass is 32.1. The van der Waals surface area contributed by atoms with Gasteiger partial charge in [0, 0.05) is 5.38 Å². The quantitative estimate of drug-likeness (QED) is 0.912. The summed E-state index contributed by atoms with van der Waals surface area (Å²) in [5, 5.41) is 7.69. The van der Waals surface area contributed by atoms with E-state index in [1.807, 2.05) is 12.3 Å². The second-order valence-electron chi connectivity index (χ2n) is 5.38. The summed E-state index contributed by atoms with van der Waals surface area (Å²) < 4.78 is 10.2. The molecule has 0 aromatic carbocycles. The molecule has 2 aromatic rings. The van der Waals surface area contributed by atoms with Gasteiger partial charge in [-0.25, -0.2) is 4.98 Å². The molecule has 106 valence electrons. The molecule has 2 aliphatic heterocycles. The van der Waals surface area contributed by atoms with Gasteiger partial charge in [0.1, 0.15) is 10.8 Å². The van der Waals surface area contributed by atoms with Crippen molar-refractivity contribution in [3.63, 3.8) is 0 Å². The van der Waals surface area contributed by atoms with E-state index in [-0.39, 0.29) is 0 Å². The Kier molecular flexibility index (Phi) is 2.94. The van der Waals surface area contributed by atoms with Gasteiger partial charge in [-0.1, -0.05) is 0 Å². The van der Waals surface area contributed by atoms with Crippen molar-refractivity contribution in [2.75, 3.05) is 11.1 Å². The fourth-order valence-electron chi connectivity index (χ4n) is 3.08. The molecule has 0 amide bonds. The Morgan fingerprint density at radius 2 is 2.35 bits per heavy atom. The van der Waals surface area contributed by atoms with E-state index in [1.54, 1.807) is 11.3 Å². The number of rotatable bonds is 3. The highest BCUT2D eigenvalue weighted by Gasteiger charge is 2.41. The first-order valence-electron chi connectivity index (χ1n) is 6.80. The van der Waals surface area contributed by atoms with Crippen LogP contribution in [-0.4, -0.2) is 27.6 Å². The summed E-state index contributed by atoms with van der Waals surface area (Å²) in [6, 6.07) is 0.382. The lowest BCUT2D eigenvalue weighted by molar-refractivity contribution is 0.102. The summed E-state index contributed by atoms with van der Waals surface area (Å²) in [7, 11) is 0. The molecule has 4 rings (SSSR count). The Hall–Kier alpha value is -1.18. The molecule has 2 fully saturated rings. The minimum Gasteiger partial charge on any atom is -0.382 e. The van der Waals surface area contributed by atoms with E-state index in [2.05, 4.69) is 14.7 Å². The number of nitrogen functional groups attached to an aromatic ring is 1. The maximum atomic E-state index is 6.03. The van der Waals surface area contributed by atoms with Gasteiger partial charge < -0.3 is 15.8 Å². The van der Waals surface area contributed by atoms with Crippen LogP contribution in [-0.2, 0) is 4.74 Å². The Morgan fingerprint density at radius 1 is 1.45 bits per heavy atom. The Morgan fingerprint density at radius 3 is 3.00 bits per heavy atom. The first-order chi connectivity index (χ1) is 9.70. The molecule has 2 bridgehead atoms. The second kappa shape index (κ2) is 4.68. The van der Waals surface area contributed by atoms with E-state index in [0.717, 1.165) is 34.1 Å². The Bertz CT molecular complexity index is 638. The zero-order valence-corrected chi connectivity index (χ0v) is 12.8. The molecular formula is C13H16N4OS2. The number of ether oxygens (including phenoxy) is 1. The highest BCUT2D eigenvalue weighted by Crippen LogP contribution is 2.41. The Labute approximate surface area is 125 Å². The molecule has 2 aromatic heterocycles. The normalized spacial score (nSPS) is 28.1. The smallest absolute Gasteiger partial charge is 0.148 e. The third-order valence-electron chi connectivity index (χ3n) is 4.02. The van der Waals surface area contributed by atoms with Crippen LogP contribution < -0.4 is 11.1 Å². The summed E-state index contributed by atoms with van der Waals surface area (Å²) in [4.78, 5) is 4.53. The number of hydrogen-bond acceptors (Lipinski definition) is 7. The number of nitrogens with one attached hydrogen (secondary N) is 1. The standard InChI is InChI=1S/C13H16N4OS2/c1-6-15-9(5-19-6)11-12(14)17-20-13(11)16-8-4-7-2-3-10(8)18-7/h5,7-8,10,16H,2-4H2,1H3,(H2,14,17). The topological polar surface area (TPSA) is 73.1 Å². The largest absolute Gasteiger partial charge is 0.382 e. The first-order valence-corrected chi connectivity index (χ1v) is 8.45. The zero-order chi connectivity index (χ0) is 13.7. The minimum absolute atomic E-state index is 0.341. The van der Waals surface area contributed by atoms with Crippen molar-refractivity contribution in [3.8, 4) is 11.3 Å². The van der Waals surface area contributed by atoms with Crippen LogP contribution in [0.2, 0.25) is 0 Å².